The number of carbonyl (C=O) groups excluding carboxylic acids is 2. The molecule has 0 fully saturated rings. The fourth-order valence-corrected chi connectivity index (χ4v) is 5.28. The maximum atomic E-state index is 14.2. The van der Waals surface area contributed by atoms with E-state index in [0.29, 0.717) is 5.75 Å². The molecule has 3 rings (SSSR count). The van der Waals surface area contributed by atoms with Crippen molar-refractivity contribution in [1.82, 2.24) is 19.5 Å². The quantitative estimate of drug-likeness (QED) is 0.387. The average molecular weight is 546 g/mol. The van der Waals surface area contributed by atoms with Crippen molar-refractivity contribution in [1.29, 1.82) is 0 Å². The maximum Gasteiger partial charge on any atom is 0.262 e. The molecule has 37 heavy (non-hydrogen) atoms. The molecule has 0 saturated heterocycles. The number of methoxy groups -OCH3 is 1. The highest BCUT2D eigenvalue weighted by atomic mass is 32.2. The van der Waals surface area contributed by atoms with Crippen molar-refractivity contribution in [3.63, 3.8) is 0 Å². The number of sulfonamides is 1. The minimum absolute atomic E-state index is 0.0866. The number of benzene rings is 1. The number of rotatable bonds is 10. The van der Waals surface area contributed by atoms with Crippen LogP contribution in [0, 0.1) is 0 Å². The highest BCUT2D eigenvalue weighted by Gasteiger charge is 2.49. The van der Waals surface area contributed by atoms with Crippen LogP contribution in [0.3, 0.4) is 0 Å². The normalized spacial score (nSPS) is 13.4. The van der Waals surface area contributed by atoms with Crippen LogP contribution in [0.5, 0.6) is 5.75 Å². The second-order valence-electron chi connectivity index (χ2n) is 9.55. The number of ether oxygens (including phenoxy) is 1. The van der Waals surface area contributed by atoms with Crippen molar-refractivity contribution in [2.24, 2.45) is 0 Å². The Morgan fingerprint density at radius 1 is 1.27 bits per heavy atom. The number of nitrogens with zero attached hydrogens (tertiary/aromatic N) is 4. The molecule has 2 aromatic heterocycles. The third kappa shape index (κ3) is 6.25. The first-order chi connectivity index (χ1) is 17.3. The molecule has 2 heterocycles. The van der Waals surface area contributed by atoms with Gasteiger partial charge in [0.15, 0.2) is 10.7 Å². The largest absolute Gasteiger partial charge is 0.496 e. The first-order valence-corrected chi connectivity index (χ1v) is 14.1. The van der Waals surface area contributed by atoms with Gasteiger partial charge in [-0.3, -0.25) is 23.9 Å². The molecule has 0 bridgehead atoms. The number of nitrogens with one attached hydrogen (secondary N) is 1. The van der Waals surface area contributed by atoms with Gasteiger partial charge in [-0.2, -0.15) is 5.10 Å². The van der Waals surface area contributed by atoms with Gasteiger partial charge >= 0.3 is 0 Å². The highest BCUT2D eigenvalue weighted by Crippen LogP contribution is 2.36. The van der Waals surface area contributed by atoms with Gasteiger partial charge in [0.05, 0.1) is 19.9 Å². The summed E-state index contributed by atoms with van der Waals surface area (Å²) in [5, 5.41) is 6.08. The molecule has 12 heteroatoms. The Bertz CT molecular complexity index is 1360. The first-order valence-electron chi connectivity index (χ1n) is 11.4. The number of carbonyl (C=O) groups is 2. The summed E-state index contributed by atoms with van der Waals surface area (Å²) >= 11 is 1.14. The fraction of sp³-hybridized carbons (Fsp3) is 0.360. The zero-order valence-corrected chi connectivity index (χ0v) is 23.1. The van der Waals surface area contributed by atoms with E-state index in [1.807, 2.05) is 26.8 Å². The van der Waals surface area contributed by atoms with Crippen molar-refractivity contribution in [2.75, 3.05) is 18.3 Å². The third-order valence-electron chi connectivity index (χ3n) is 5.66. The predicted molar refractivity (Wildman–Crippen MR) is 143 cm³/mol. The topological polar surface area (TPSA) is 123 Å². The molecule has 1 unspecified atom stereocenters. The lowest BCUT2D eigenvalue weighted by Gasteiger charge is -2.40. The summed E-state index contributed by atoms with van der Waals surface area (Å²) < 4.78 is 33.4. The lowest BCUT2D eigenvalue weighted by Crippen LogP contribution is -2.64. The molecule has 0 radical (unpaired) electrons. The molecule has 198 valence electrons. The third-order valence-corrected chi connectivity index (χ3v) is 6.98. The number of aromatic nitrogens is 3. The van der Waals surface area contributed by atoms with Crippen LogP contribution in [-0.2, 0) is 26.8 Å². The predicted octanol–water partition coefficient (Wildman–Crippen LogP) is 3.38. The summed E-state index contributed by atoms with van der Waals surface area (Å²) in [5.74, 6) is -0.960. The second-order valence-corrected chi connectivity index (χ2v) is 12.2. The SMILES string of the molecule is C=CCC(Cn1cccn1)(C(=O)NS(C)(=O)=O)N(C(=O)c1ccc(C(C)(C)C)c(OC)c1)c1nccs1. The van der Waals surface area contributed by atoms with E-state index >= 15 is 0 Å². The van der Waals surface area contributed by atoms with Gasteiger partial charge in [0, 0.05) is 29.5 Å². The number of amides is 2. The standard InChI is InChI=1S/C25H31N5O5S2/c1-7-11-25(17-29-14-8-12-27-29,22(32)28-37(6,33)34)30(23-26-13-15-36-23)21(31)18-9-10-19(24(2,3)4)20(16-18)35-5/h7-10,12-16H,1,11,17H2,2-6H3,(H,28,32). The van der Waals surface area contributed by atoms with Crippen LogP contribution in [-0.4, -0.2) is 53.9 Å². The Labute approximate surface area is 221 Å². The molecule has 0 aliphatic carbocycles. The van der Waals surface area contributed by atoms with Gasteiger partial charge in [0.2, 0.25) is 10.0 Å². The van der Waals surface area contributed by atoms with E-state index in [2.05, 4.69) is 21.4 Å². The van der Waals surface area contributed by atoms with Crippen molar-refractivity contribution in [2.45, 2.75) is 44.7 Å². The van der Waals surface area contributed by atoms with Crippen LogP contribution in [0.4, 0.5) is 5.13 Å². The summed E-state index contributed by atoms with van der Waals surface area (Å²) in [6.07, 6.45) is 6.91. The number of anilines is 1. The molecule has 1 atom stereocenters. The Hall–Kier alpha value is -3.51. The minimum atomic E-state index is -3.97. The van der Waals surface area contributed by atoms with Gasteiger partial charge < -0.3 is 4.74 Å². The van der Waals surface area contributed by atoms with Crippen LogP contribution in [0.2, 0.25) is 0 Å². The van der Waals surface area contributed by atoms with Crippen molar-refractivity contribution in [3.05, 3.63) is 72.0 Å². The molecule has 0 aliphatic rings. The maximum absolute atomic E-state index is 14.2. The molecule has 10 nitrogen and oxygen atoms in total. The fourth-order valence-electron chi connectivity index (χ4n) is 4.02. The molecular formula is C25H31N5O5S2. The van der Waals surface area contributed by atoms with Crippen LogP contribution < -0.4 is 14.4 Å². The average Bonchev–Trinajstić information content (AvgIpc) is 3.51. The summed E-state index contributed by atoms with van der Waals surface area (Å²) in [4.78, 5) is 33.5. The van der Waals surface area contributed by atoms with Gasteiger partial charge in [-0.15, -0.1) is 17.9 Å². The molecule has 1 N–H and O–H groups in total. The number of hydrogen-bond acceptors (Lipinski definition) is 8. The van der Waals surface area contributed by atoms with E-state index in [9.17, 15) is 18.0 Å². The van der Waals surface area contributed by atoms with E-state index in [1.54, 1.807) is 29.8 Å². The smallest absolute Gasteiger partial charge is 0.262 e. The van der Waals surface area contributed by atoms with Crippen molar-refractivity contribution < 1.29 is 22.7 Å². The van der Waals surface area contributed by atoms with Crippen LogP contribution in [0.25, 0.3) is 0 Å². The van der Waals surface area contributed by atoms with Crippen molar-refractivity contribution >= 4 is 38.3 Å². The van der Waals surface area contributed by atoms with Gasteiger partial charge in [0.1, 0.15) is 5.75 Å². The van der Waals surface area contributed by atoms with E-state index < -0.39 is 27.4 Å². The van der Waals surface area contributed by atoms with E-state index in [-0.39, 0.29) is 29.1 Å². The molecule has 2 amide bonds. The summed E-state index contributed by atoms with van der Waals surface area (Å²) in [7, 11) is -2.44. The van der Waals surface area contributed by atoms with E-state index in [4.69, 9.17) is 4.74 Å². The van der Waals surface area contributed by atoms with Gasteiger partial charge in [-0.1, -0.05) is 32.9 Å². The van der Waals surface area contributed by atoms with E-state index in [1.165, 1.54) is 35.2 Å². The lowest BCUT2D eigenvalue weighted by molar-refractivity contribution is -0.125. The molecular weight excluding hydrogens is 514 g/mol. The van der Waals surface area contributed by atoms with E-state index in [0.717, 1.165) is 23.2 Å². The summed E-state index contributed by atoms with van der Waals surface area (Å²) in [5.41, 5.74) is -0.886. The van der Waals surface area contributed by atoms with Gasteiger partial charge in [-0.25, -0.2) is 13.4 Å². The molecule has 0 spiro atoms. The number of hydrogen-bond donors (Lipinski definition) is 1. The molecule has 3 aromatic rings. The first kappa shape index (κ1) is 28.1. The second kappa shape index (κ2) is 10.9. The molecule has 0 aliphatic heterocycles. The van der Waals surface area contributed by atoms with Gasteiger partial charge in [0.25, 0.3) is 11.8 Å². The van der Waals surface area contributed by atoms with Gasteiger partial charge in [-0.05, 0) is 35.6 Å². The molecule has 0 saturated carbocycles. The van der Waals surface area contributed by atoms with Crippen molar-refractivity contribution in [3.8, 4) is 5.75 Å². The van der Waals surface area contributed by atoms with Crippen LogP contribution in [0.1, 0.15) is 43.1 Å². The Balaban J connectivity index is 2.26. The molecule has 1 aromatic carbocycles. The summed E-state index contributed by atoms with van der Waals surface area (Å²) in [6, 6.07) is 6.75. The zero-order valence-electron chi connectivity index (χ0n) is 21.5. The Morgan fingerprint density at radius 3 is 2.51 bits per heavy atom. The minimum Gasteiger partial charge on any atom is -0.496 e. The Morgan fingerprint density at radius 2 is 2.00 bits per heavy atom. The lowest BCUT2D eigenvalue weighted by atomic mass is 9.85. The Kier molecular flexibility index (Phi) is 8.23. The highest BCUT2D eigenvalue weighted by molar-refractivity contribution is 7.89. The van der Waals surface area contributed by atoms with Crippen LogP contribution in [0.15, 0.2) is 60.9 Å². The zero-order chi connectivity index (χ0) is 27.4. The summed E-state index contributed by atoms with van der Waals surface area (Å²) in [6.45, 7) is 9.72. The number of thiazole rings is 1. The van der Waals surface area contributed by atoms with Crippen LogP contribution >= 0.6 is 11.3 Å². The monoisotopic (exact) mass is 545 g/mol.